The molecule has 0 aliphatic carbocycles. The third-order valence-electron chi connectivity index (χ3n) is 6.80. The molecular formula is C33H43N3O4S. The molecule has 1 N–H and O–H groups in total. The van der Waals surface area contributed by atoms with Crippen molar-refractivity contribution in [2.75, 3.05) is 23.7 Å². The lowest BCUT2D eigenvalue weighted by Gasteiger charge is -2.32. The highest BCUT2D eigenvalue weighted by Crippen LogP contribution is 2.23. The Balaban J connectivity index is 1.87. The summed E-state index contributed by atoms with van der Waals surface area (Å²) in [4.78, 5) is 29.1. The Labute approximate surface area is 245 Å². The molecule has 3 aromatic carbocycles. The van der Waals surface area contributed by atoms with E-state index < -0.39 is 16.1 Å². The monoisotopic (exact) mass is 577 g/mol. The lowest BCUT2D eigenvalue weighted by molar-refractivity contribution is -0.141. The normalized spacial score (nSPS) is 12.1. The highest BCUT2D eigenvalue weighted by atomic mass is 32.2. The summed E-state index contributed by atoms with van der Waals surface area (Å²) < 4.78 is 26.8. The van der Waals surface area contributed by atoms with E-state index in [1.165, 1.54) is 10.6 Å². The Morgan fingerprint density at radius 1 is 0.854 bits per heavy atom. The SMILES string of the molecule is Cc1cc(C)cc(N(CCCC(=O)N(Cc2ccccc2)[C@@H](Cc2ccccc2)C(=O)NCC(C)C)S(C)(=O)=O)c1. The quantitative estimate of drug-likeness (QED) is 0.283. The zero-order valence-electron chi connectivity index (χ0n) is 24.8. The number of carbonyl (C=O) groups excluding carboxylic acids is 2. The number of rotatable bonds is 14. The second-order valence-corrected chi connectivity index (χ2v) is 13.0. The molecule has 2 amide bonds. The summed E-state index contributed by atoms with van der Waals surface area (Å²) in [5.41, 5.74) is 4.41. The van der Waals surface area contributed by atoms with Gasteiger partial charge in [0.2, 0.25) is 21.8 Å². The molecule has 220 valence electrons. The van der Waals surface area contributed by atoms with Crippen molar-refractivity contribution in [1.29, 1.82) is 0 Å². The van der Waals surface area contributed by atoms with Gasteiger partial charge in [0.25, 0.3) is 0 Å². The highest BCUT2D eigenvalue weighted by Gasteiger charge is 2.30. The van der Waals surface area contributed by atoms with Crippen LogP contribution in [0, 0.1) is 19.8 Å². The Hall–Kier alpha value is -3.65. The second-order valence-electron chi connectivity index (χ2n) is 11.1. The fourth-order valence-corrected chi connectivity index (χ4v) is 5.80. The number of amides is 2. The maximum Gasteiger partial charge on any atom is 0.243 e. The van der Waals surface area contributed by atoms with Gasteiger partial charge in [-0.1, -0.05) is 80.6 Å². The van der Waals surface area contributed by atoms with Crippen molar-refractivity contribution in [3.05, 3.63) is 101 Å². The van der Waals surface area contributed by atoms with Gasteiger partial charge < -0.3 is 10.2 Å². The maximum absolute atomic E-state index is 13.9. The molecule has 0 saturated carbocycles. The molecular weight excluding hydrogens is 534 g/mol. The minimum absolute atomic E-state index is 0.104. The van der Waals surface area contributed by atoms with E-state index >= 15 is 0 Å². The number of anilines is 1. The zero-order chi connectivity index (χ0) is 30.0. The van der Waals surface area contributed by atoms with E-state index in [2.05, 4.69) is 5.32 Å². The molecule has 0 bridgehead atoms. The van der Waals surface area contributed by atoms with Crippen LogP contribution in [0.4, 0.5) is 5.69 Å². The van der Waals surface area contributed by atoms with E-state index in [1.807, 2.05) is 107 Å². The molecule has 41 heavy (non-hydrogen) atoms. The Bertz CT molecular complexity index is 1370. The number of hydrogen-bond acceptors (Lipinski definition) is 4. The van der Waals surface area contributed by atoms with Gasteiger partial charge in [-0.3, -0.25) is 13.9 Å². The number of benzene rings is 3. The van der Waals surface area contributed by atoms with Gasteiger partial charge in [-0.2, -0.15) is 0 Å². The summed E-state index contributed by atoms with van der Waals surface area (Å²) in [6.07, 6.45) is 1.98. The molecule has 7 nitrogen and oxygen atoms in total. The first kappa shape index (κ1) is 31.9. The minimum Gasteiger partial charge on any atom is -0.354 e. The Kier molecular flexibility index (Phi) is 11.5. The van der Waals surface area contributed by atoms with E-state index in [-0.39, 0.29) is 37.2 Å². The summed E-state index contributed by atoms with van der Waals surface area (Å²) in [6, 6.07) is 24.3. The fourth-order valence-electron chi connectivity index (χ4n) is 4.86. The van der Waals surface area contributed by atoms with Crippen LogP contribution in [-0.2, 0) is 32.6 Å². The van der Waals surface area contributed by atoms with Crippen LogP contribution < -0.4 is 9.62 Å². The molecule has 0 aliphatic heterocycles. The number of carbonyl (C=O) groups is 2. The average molecular weight is 578 g/mol. The van der Waals surface area contributed by atoms with Crippen LogP contribution in [0.2, 0.25) is 0 Å². The van der Waals surface area contributed by atoms with Crippen LogP contribution in [0.1, 0.15) is 48.9 Å². The Morgan fingerprint density at radius 3 is 1.95 bits per heavy atom. The van der Waals surface area contributed by atoms with Gasteiger partial charge in [0.1, 0.15) is 6.04 Å². The molecule has 0 heterocycles. The molecule has 0 unspecified atom stereocenters. The van der Waals surface area contributed by atoms with Crippen molar-refractivity contribution in [2.24, 2.45) is 5.92 Å². The van der Waals surface area contributed by atoms with E-state index in [9.17, 15) is 18.0 Å². The summed E-state index contributed by atoms with van der Waals surface area (Å²) in [6.45, 7) is 8.87. The smallest absolute Gasteiger partial charge is 0.243 e. The van der Waals surface area contributed by atoms with Crippen molar-refractivity contribution in [1.82, 2.24) is 10.2 Å². The molecule has 0 fully saturated rings. The van der Waals surface area contributed by atoms with Gasteiger partial charge in [0, 0.05) is 32.5 Å². The lowest BCUT2D eigenvalue weighted by atomic mass is 10.0. The van der Waals surface area contributed by atoms with Crippen LogP contribution in [0.3, 0.4) is 0 Å². The molecule has 0 radical (unpaired) electrons. The van der Waals surface area contributed by atoms with Gasteiger partial charge >= 0.3 is 0 Å². The van der Waals surface area contributed by atoms with Gasteiger partial charge in [0.15, 0.2) is 0 Å². The van der Waals surface area contributed by atoms with E-state index in [1.54, 1.807) is 4.90 Å². The molecule has 3 rings (SSSR count). The van der Waals surface area contributed by atoms with Crippen LogP contribution in [0.25, 0.3) is 0 Å². The van der Waals surface area contributed by atoms with Gasteiger partial charge in [-0.25, -0.2) is 8.42 Å². The zero-order valence-corrected chi connectivity index (χ0v) is 25.7. The van der Waals surface area contributed by atoms with Crippen molar-refractivity contribution >= 4 is 27.5 Å². The topological polar surface area (TPSA) is 86.8 Å². The molecule has 0 saturated heterocycles. The molecule has 0 spiro atoms. The Morgan fingerprint density at radius 2 is 1.41 bits per heavy atom. The summed E-state index contributed by atoms with van der Waals surface area (Å²) >= 11 is 0. The number of hydrogen-bond donors (Lipinski definition) is 1. The largest absolute Gasteiger partial charge is 0.354 e. The molecule has 3 aromatic rings. The summed E-state index contributed by atoms with van der Waals surface area (Å²) in [7, 11) is -3.56. The molecule has 8 heteroatoms. The van der Waals surface area contributed by atoms with Crippen molar-refractivity contribution in [2.45, 2.75) is 59.5 Å². The predicted octanol–water partition coefficient (Wildman–Crippen LogP) is 5.26. The fraction of sp³-hybridized carbons (Fsp3) is 0.394. The number of aryl methyl sites for hydroxylation is 2. The van der Waals surface area contributed by atoms with Crippen molar-refractivity contribution in [3.8, 4) is 0 Å². The first-order valence-corrected chi connectivity index (χ1v) is 16.0. The highest BCUT2D eigenvalue weighted by molar-refractivity contribution is 7.92. The number of sulfonamides is 1. The third kappa shape index (κ3) is 10.0. The van der Waals surface area contributed by atoms with Crippen molar-refractivity contribution < 1.29 is 18.0 Å². The standard InChI is InChI=1S/C33H43N3O4S/c1-25(2)23-34-33(38)31(22-28-13-8-6-9-14-28)35(24-29-15-10-7-11-16-29)32(37)17-12-18-36(41(5,39)40)30-20-26(3)19-27(4)21-30/h6-11,13-16,19-21,25,31H,12,17-18,22-24H2,1-5H3,(H,34,38)/t31-/m0/s1. The summed E-state index contributed by atoms with van der Waals surface area (Å²) in [5, 5.41) is 3.03. The first-order chi connectivity index (χ1) is 19.4. The average Bonchev–Trinajstić information content (AvgIpc) is 2.91. The van der Waals surface area contributed by atoms with Gasteiger partial charge in [-0.05, 0) is 60.6 Å². The second kappa shape index (κ2) is 14.8. The van der Waals surface area contributed by atoms with E-state index in [0.717, 1.165) is 22.3 Å². The maximum atomic E-state index is 13.9. The van der Waals surface area contributed by atoms with Crippen molar-refractivity contribution in [3.63, 3.8) is 0 Å². The number of nitrogens with one attached hydrogen (secondary N) is 1. The number of nitrogens with zero attached hydrogens (tertiary/aromatic N) is 2. The molecule has 0 aliphatic rings. The van der Waals surface area contributed by atoms with E-state index in [0.29, 0.717) is 25.1 Å². The van der Waals surface area contributed by atoms with Crippen LogP contribution in [-0.4, -0.2) is 50.5 Å². The van der Waals surface area contributed by atoms with Crippen LogP contribution in [0.15, 0.2) is 78.9 Å². The minimum atomic E-state index is -3.56. The predicted molar refractivity (Wildman–Crippen MR) is 166 cm³/mol. The lowest BCUT2D eigenvalue weighted by Crippen LogP contribution is -2.51. The third-order valence-corrected chi connectivity index (χ3v) is 7.99. The van der Waals surface area contributed by atoms with Crippen LogP contribution >= 0.6 is 0 Å². The van der Waals surface area contributed by atoms with Gasteiger partial charge in [0.05, 0.1) is 11.9 Å². The first-order valence-electron chi connectivity index (χ1n) is 14.1. The molecule has 1 atom stereocenters. The summed E-state index contributed by atoms with van der Waals surface area (Å²) in [5.74, 6) is -0.120. The molecule has 0 aromatic heterocycles. The van der Waals surface area contributed by atoms with Gasteiger partial charge in [-0.15, -0.1) is 0 Å². The van der Waals surface area contributed by atoms with Crippen LogP contribution in [0.5, 0.6) is 0 Å². The van der Waals surface area contributed by atoms with E-state index in [4.69, 9.17) is 0 Å².